The minimum atomic E-state index is 0.304. The molecule has 0 unspecified atom stereocenters. The van der Waals surface area contributed by atoms with Gasteiger partial charge >= 0.3 is 0 Å². The van der Waals surface area contributed by atoms with Gasteiger partial charge in [-0.25, -0.2) is 9.97 Å². The van der Waals surface area contributed by atoms with Gasteiger partial charge in [0.05, 0.1) is 13.7 Å². The van der Waals surface area contributed by atoms with Crippen molar-refractivity contribution in [2.75, 3.05) is 13.7 Å². The van der Waals surface area contributed by atoms with Gasteiger partial charge in [-0.2, -0.15) is 0 Å². The number of para-hydroxylation sites is 1. The van der Waals surface area contributed by atoms with Crippen molar-refractivity contribution in [1.29, 1.82) is 0 Å². The largest absolute Gasteiger partial charge is 0.492 e. The molecular weight excluding hydrogens is 252 g/mol. The number of aromatic nitrogens is 2. The van der Waals surface area contributed by atoms with Crippen molar-refractivity contribution in [1.82, 2.24) is 9.97 Å². The molecule has 0 atom stereocenters. The first-order valence-electron chi connectivity index (χ1n) is 5.61. The molecule has 1 aromatic heterocycles. The Morgan fingerprint density at radius 1 is 1.33 bits per heavy atom. The number of hydrogen-bond acceptors (Lipinski definition) is 4. The topological polar surface area (TPSA) is 44.2 Å². The minimum Gasteiger partial charge on any atom is -0.492 e. The average Bonchev–Trinajstić information content (AvgIpc) is 2.86. The monoisotopic (exact) mass is 262 g/mol. The first kappa shape index (κ1) is 11.3. The Morgan fingerprint density at radius 3 is 3.06 bits per heavy atom. The summed E-state index contributed by atoms with van der Waals surface area (Å²) in [7, 11) is 1.55. The van der Waals surface area contributed by atoms with E-state index in [4.69, 9.17) is 21.1 Å². The second-order valence-corrected chi connectivity index (χ2v) is 4.30. The lowest BCUT2D eigenvalue weighted by Gasteiger charge is -2.11. The highest BCUT2D eigenvalue weighted by molar-refractivity contribution is 6.31. The van der Waals surface area contributed by atoms with Crippen LogP contribution in [0.25, 0.3) is 11.3 Å². The molecular formula is C13H11ClN2O2. The molecule has 0 N–H and O–H groups in total. The van der Waals surface area contributed by atoms with Crippen molar-refractivity contribution in [2.45, 2.75) is 6.42 Å². The third kappa shape index (κ3) is 1.69. The Kier molecular flexibility index (Phi) is 2.80. The Morgan fingerprint density at radius 2 is 2.22 bits per heavy atom. The molecule has 92 valence electrons. The fraction of sp³-hybridized carbons (Fsp3) is 0.231. The summed E-state index contributed by atoms with van der Waals surface area (Å²) in [5, 5.41) is 0.304. The van der Waals surface area contributed by atoms with E-state index in [-0.39, 0.29) is 0 Å². The summed E-state index contributed by atoms with van der Waals surface area (Å²) < 4.78 is 10.9. The van der Waals surface area contributed by atoms with Crippen LogP contribution in [-0.4, -0.2) is 23.7 Å². The molecule has 5 heteroatoms. The van der Waals surface area contributed by atoms with Gasteiger partial charge in [0.15, 0.2) is 10.9 Å². The molecule has 0 saturated carbocycles. The molecule has 0 fully saturated rings. The van der Waals surface area contributed by atoms with Crippen molar-refractivity contribution >= 4 is 11.6 Å². The molecule has 1 aliphatic rings. The van der Waals surface area contributed by atoms with Gasteiger partial charge in [-0.1, -0.05) is 23.7 Å². The molecule has 0 aliphatic carbocycles. The van der Waals surface area contributed by atoms with Crippen LogP contribution in [0.2, 0.25) is 5.15 Å². The van der Waals surface area contributed by atoms with E-state index in [2.05, 4.69) is 16.0 Å². The van der Waals surface area contributed by atoms with Crippen LogP contribution in [0.4, 0.5) is 0 Å². The summed E-state index contributed by atoms with van der Waals surface area (Å²) in [6, 6.07) is 5.99. The van der Waals surface area contributed by atoms with Crippen molar-refractivity contribution < 1.29 is 9.47 Å². The van der Waals surface area contributed by atoms with Gasteiger partial charge in [0.25, 0.3) is 0 Å². The van der Waals surface area contributed by atoms with Crippen molar-refractivity contribution in [2.24, 2.45) is 0 Å². The van der Waals surface area contributed by atoms with E-state index in [9.17, 15) is 0 Å². The maximum atomic E-state index is 6.01. The standard InChI is InChI=1S/C13H11ClN2O2/c1-17-12-10(15-7-16-13(12)14)9-4-2-3-8-5-6-18-11(8)9/h2-4,7H,5-6H2,1H3. The molecule has 18 heavy (non-hydrogen) atoms. The van der Waals surface area contributed by atoms with E-state index in [1.165, 1.54) is 11.9 Å². The zero-order valence-electron chi connectivity index (χ0n) is 9.81. The number of hydrogen-bond donors (Lipinski definition) is 0. The molecule has 1 aromatic carbocycles. The van der Waals surface area contributed by atoms with Crippen LogP contribution >= 0.6 is 11.6 Å². The molecule has 2 aromatic rings. The maximum absolute atomic E-state index is 6.01. The van der Waals surface area contributed by atoms with Crippen LogP contribution < -0.4 is 9.47 Å². The summed E-state index contributed by atoms with van der Waals surface area (Å²) in [6.07, 6.45) is 2.35. The average molecular weight is 263 g/mol. The second-order valence-electron chi connectivity index (χ2n) is 3.94. The minimum absolute atomic E-state index is 0.304. The summed E-state index contributed by atoms with van der Waals surface area (Å²) in [5.41, 5.74) is 2.74. The lowest BCUT2D eigenvalue weighted by Crippen LogP contribution is -1.96. The van der Waals surface area contributed by atoms with E-state index in [1.54, 1.807) is 7.11 Å². The summed E-state index contributed by atoms with van der Waals surface area (Å²) in [4.78, 5) is 8.18. The number of halogens is 1. The summed E-state index contributed by atoms with van der Waals surface area (Å²) in [6.45, 7) is 0.702. The molecule has 0 bridgehead atoms. The van der Waals surface area contributed by atoms with Crippen LogP contribution in [0.1, 0.15) is 5.56 Å². The van der Waals surface area contributed by atoms with E-state index >= 15 is 0 Å². The van der Waals surface area contributed by atoms with Crippen LogP contribution in [0.5, 0.6) is 11.5 Å². The highest BCUT2D eigenvalue weighted by Gasteiger charge is 2.21. The third-order valence-electron chi connectivity index (χ3n) is 2.93. The first-order valence-corrected chi connectivity index (χ1v) is 5.98. The molecule has 0 amide bonds. The van der Waals surface area contributed by atoms with Crippen LogP contribution in [0.15, 0.2) is 24.5 Å². The number of benzene rings is 1. The van der Waals surface area contributed by atoms with Gasteiger partial charge in [0, 0.05) is 12.0 Å². The quantitative estimate of drug-likeness (QED) is 0.781. The zero-order chi connectivity index (χ0) is 12.5. The van der Waals surface area contributed by atoms with Gasteiger partial charge in [-0.15, -0.1) is 0 Å². The maximum Gasteiger partial charge on any atom is 0.182 e. The van der Waals surface area contributed by atoms with Gasteiger partial charge in [-0.05, 0) is 11.6 Å². The number of methoxy groups -OCH3 is 1. The molecule has 4 nitrogen and oxygen atoms in total. The highest BCUT2D eigenvalue weighted by atomic mass is 35.5. The first-order chi connectivity index (χ1) is 8.81. The number of nitrogens with zero attached hydrogens (tertiary/aromatic N) is 2. The van der Waals surface area contributed by atoms with Crippen molar-refractivity contribution in [3.05, 3.63) is 35.2 Å². The molecule has 1 aliphatic heterocycles. The molecule has 3 rings (SSSR count). The van der Waals surface area contributed by atoms with Crippen molar-refractivity contribution in [3.8, 4) is 22.8 Å². The van der Waals surface area contributed by atoms with Gasteiger partial charge in [-0.3, -0.25) is 0 Å². The summed E-state index contributed by atoms with van der Waals surface area (Å²) >= 11 is 6.01. The molecule has 2 heterocycles. The number of fused-ring (bicyclic) bond motifs is 1. The third-order valence-corrected chi connectivity index (χ3v) is 3.20. The predicted molar refractivity (Wildman–Crippen MR) is 68.2 cm³/mol. The lowest BCUT2D eigenvalue weighted by atomic mass is 10.1. The van der Waals surface area contributed by atoms with Gasteiger partial charge < -0.3 is 9.47 Å². The lowest BCUT2D eigenvalue weighted by molar-refractivity contribution is 0.357. The zero-order valence-corrected chi connectivity index (χ0v) is 10.6. The number of ether oxygens (including phenoxy) is 2. The van der Waals surface area contributed by atoms with Crippen LogP contribution in [0.3, 0.4) is 0 Å². The summed E-state index contributed by atoms with van der Waals surface area (Å²) in [5.74, 6) is 1.34. The SMILES string of the molecule is COc1c(Cl)ncnc1-c1cccc2c1OCC2. The van der Waals surface area contributed by atoms with Gasteiger partial charge in [0.2, 0.25) is 0 Å². The molecule has 0 saturated heterocycles. The van der Waals surface area contributed by atoms with E-state index < -0.39 is 0 Å². The highest BCUT2D eigenvalue weighted by Crippen LogP contribution is 2.41. The van der Waals surface area contributed by atoms with Crippen LogP contribution in [-0.2, 0) is 6.42 Å². The van der Waals surface area contributed by atoms with E-state index in [0.717, 1.165) is 17.7 Å². The van der Waals surface area contributed by atoms with E-state index in [1.807, 2.05) is 12.1 Å². The molecule has 0 spiro atoms. The predicted octanol–water partition coefficient (Wildman–Crippen LogP) is 2.74. The second kappa shape index (κ2) is 4.46. The Hall–Kier alpha value is -1.81. The Labute approximate surface area is 110 Å². The Bertz CT molecular complexity index is 590. The van der Waals surface area contributed by atoms with Crippen LogP contribution in [0, 0.1) is 0 Å². The normalized spacial score (nSPS) is 13.0. The fourth-order valence-corrected chi connectivity index (χ4v) is 2.34. The number of rotatable bonds is 2. The van der Waals surface area contributed by atoms with E-state index in [0.29, 0.717) is 23.2 Å². The Balaban J connectivity index is 2.22. The molecule has 0 radical (unpaired) electrons. The van der Waals surface area contributed by atoms with Gasteiger partial charge in [0.1, 0.15) is 17.8 Å². The van der Waals surface area contributed by atoms with Crippen molar-refractivity contribution in [3.63, 3.8) is 0 Å². The fourth-order valence-electron chi connectivity index (χ4n) is 2.13. The smallest absolute Gasteiger partial charge is 0.182 e.